The summed E-state index contributed by atoms with van der Waals surface area (Å²) in [5, 5.41) is 10.5. The third-order valence-electron chi connectivity index (χ3n) is 3.79. The number of amides is 1. The van der Waals surface area contributed by atoms with Gasteiger partial charge in [0, 0.05) is 49.7 Å². The van der Waals surface area contributed by atoms with Crippen LogP contribution < -0.4 is 16.0 Å². The molecule has 148 valence electrons. The molecule has 8 heteroatoms. The van der Waals surface area contributed by atoms with Crippen molar-refractivity contribution < 1.29 is 4.79 Å². The van der Waals surface area contributed by atoms with Gasteiger partial charge in [0.25, 0.3) is 5.91 Å². The molecule has 1 aromatic carbocycles. The highest BCUT2D eigenvalue weighted by atomic mass is 127. The summed E-state index contributed by atoms with van der Waals surface area (Å²) >= 11 is 1.76. The summed E-state index contributed by atoms with van der Waals surface area (Å²) in [6.07, 6.45) is 3.86. The predicted molar refractivity (Wildman–Crippen MR) is 123 cm³/mol. The van der Waals surface area contributed by atoms with E-state index < -0.39 is 0 Å². The van der Waals surface area contributed by atoms with Crippen molar-refractivity contribution in [3.05, 3.63) is 51.5 Å². The number of hydrogen-bond donors (Lipinski definition) is 3. The summed E-state index contributed by atoms with van der Waals surface area (Å²) in [5.74, 6) is 0.687. The van der Waals surface area contributed by atoms with E-state index in [1.54, 1.807) is 18.4 Å². The standard InChI is InChI=1S/C19H27N5OS.HI/c1-4-16-13-23-17(26-16)9-10-22-19(20-3)24-12-14-7-6-8-15(11-14)18(25)21-5-2;/h6-8,11,13H,4-5,9-10,12H2,1-3H3,(H,21,25)(H2,20,22,24);1H. The molecular formula is C19H28IN5OS. The molecule has 0 radical (unpaired) electrons. The van der Waals surface area contributed by atoms with Gasteiger partial charge < -0.3 is 16.0 Å². The molecule has 0 fully saturated rings. The largest absolute Gasteiger partial charge is 0.356 e. The average molecular weight is 501 g/mol. The molecule has 0 aliphatic heterocycles. The molecule has 0 aliphatic carbocycles. The fraction of sp³-hybridized carbons (Fsp3) is 0.421. The van der Waals surface area contributed by atoms with E-state index in [0.717, 1.165) is 35.9 Å². The van der Waals surface area contributed by atoms with Gasteiger partial charge in [0.1, 0.15) is 0 Å². The minimum Gasteiger partial charge on any atom is -0.356 e. The smallest absolute Gasteiger partial charge is 0.251 e. The van der Waals surface area contributed by atoms with Crippen LogP contribution in [0.5, 0.6) is 0 Å². The number of nitrogens with one attached hydrogen (secondary N) is 3. The van der Waals surface area contributed by atoms with E-state index in [0.29, 0.717) is 18.7 Å². The summed E-state index contributed by atoms with van der Waals surface area (Å²) in [4.78, 5) is 21.9. The fourth-order valence-electron chi connectivity index (χ4n) is 2.41. The van der Waals surface area contributed by atoms with E-state index in [4.69, 9.17) is 0 Å². The number of halogens is 1. The number of hydrogen-bond acceptors (Lipinski definition) is 4. The van der Waals surface area contributed by atoms with Crippen LogP contribution in [0, 0.1) is 0 Å². The molecule has 0 bridgehead atoms. The molecule has 2 rings (SSSR count). The first-order valence-electron chi connectivity index (χ1n) is 8.91. The fourth-order valence-corrected chi connectivity index (χ4v) is 3.27. The third-order valence-corrected chi connectivity index (χ3v) is 4.99. The Balaban J connectivity index is 0.00000364. The lowest BCUT2D eigenvalue weighted by atomic mass is 10.1. The number of benzene rings is 1. The minimum atomic E-state index is -0.0493. The lowest BCUT2D eigenvalue weighted by molar-refractivity contribution is 0.0955. The Bertz CT molecular complexity index is 747. The van der Waals surface area contributed by atoms with Crippen molar-refractivity contribution in [3.63, 3.8) is 0 Å². The van der Waals surface area contributed by atoms with Crippen LogP contribution in [0.4, 0.5) is 0 Å². The van der Waals surface area contributed by atoms with Gasteiger partial charge in [-0.05, 0) is 31.0 Å². The van der Waals surface area contributed by atoms with E-state index in [9.17, 15) is 4.79 Å². The summed E-state index contributed by atoms with van der Waals surface area (Å²) in [5.41, 5.74) is 1.70. The molecule has 0 unspecified atom stereocenters. The molecule has 6 nitrogen and oxygen atoms in total. The maximum absolute atomic E-state index is 11.9. The van der Waals surface area contributed by atoms with Crippen LogP contribution in [0.15, 0.2) is 35.5 Å². The Kier molecular flexibility index (Phi) is 11.0. The van der Waals surface area contributed by atoms with E-state index in [2.05, 4.69) is 32.9 Å². The Morgan fingerprint density at radius 1 is 1.22 bits per heavy atom. The van der Waals surface area contributed by atoms with Crippen molar-refractivity contribution in [2.75, 3.05) is 20.1 Å². The summed E-state index contributed by atoms with van der Waals surface area (Å²) in [6, 6.07) is 7.60. The maximum Gasteiger partial charge on any atom is 0.251 e. The molecule has 1 aromatic heterocycles. The van der Waals surface area contributed by atoms with Crippen LogP contribution in [0.1, 0.15) is 39.7 Å². The number of rotatable bonds is 8. The van der Waals surface area contributed by atoms with Gasteiger partial charge in [0.05, 0.1) is 5.01 Å². The van der Waals surface area contributed by atoms with Crippen LogP contribution in [-0.4, -0.2) is 37.0 Å². The highest BCUT2D eigenvalue weighted by molar-refractivity contribution is 14.0. The minimum absolute atomic E-state index is 0. The number of carbonyl (C=O) groups excluding carboxylic acids is 1. The second-order valence-electron chi connectivity index (χ2n) is 5.74. The molecule has 0 aliphatic rings. The zero-order chi connectivity index (χ0) is 18.8. The van der Waals surface area contributed by atoms with E-state index >= 15 is 0 Å². The molecule has 1 amide bonds. The number of carbonyl (C=O) groups is 1. The summed E-state index contributed by atoms with van der Waals surface area (Å²) in [7, 11) is 1.75. The Hall–Kier alpha value is -1.68. The topological polar surface area (TPSA) is 78.4 Å². The van der Waals surface area contributed by atoms with Gasteiger partial charge in [-0.2, -0.15) is 0 Å². The molecule has 0 spiro atoms. The van der Waals surface area contributed by atoms with Gasteiger partial charge in [0.2, 0.25) is 0 Å². The van der Waals surface area contributed by atoms with Crippen LogP contribution in [0.3, 0.4) is 0 Å². The lowest BCUT2D eigenvalue weighted by Gasteiger charge is -2.12. The molecule has 3 N–H and O–H groups in total. The SMILES string of the molecule is CCNC(=O)c1cccc(CNC(=NC)NCCc2ncc(CC)s2)c1.I. The van der Waals surface area contributed by atoms with Gasteiger partial charge >= 0.3 is 0 Å². The van der Waals surface area contributed by atoms with Crippen LogP contribution >= 0.6 is 35.3 Å². The van der Waals surface area contributed by atoms with Gasteiger partial charge in [-0.25, -0.2) is 4.98 Å². The van der Waals surface area contributed by atoms with Crippen molar-refractivity contribution in [2.45, 2.75) is 33.2 Å². The molecule has 0 atom stereocenters. The third kappa shape index (κ3) is 7.84. The quantitative estimate of drug-likeness (QED) is 0.295. The first-order chi connectivity index (χ1) is 12.7. The Morgan fingerprint density at radius 3 is 2.70 bits per heavy atom. The van der Waals surface area contributed by atoms with Crippen LogP contribution in [0.25, 0.3) is 0 Å². The van der Waals surface area contributed by atoms with Crippen molar-refractivity contribution in [2.24, 2.45) is 4.99 Å². The van der Waals surface area contributed by atoms with Crippen molar-refractivity contribution >= 4 is 47.2 Å². The lowest BCUT2D eigenvalue weighted by Crippen LogP contribution is -2.37. The highest BCUT2D eigenvalue weighted by Crippen LogP contribution is 2.13. The van der Waals surface area contributed by atoms with Crippen molar-refractivity contribution in [1.82, 2.24) is 20.9 Å². The first kappa shape index (κ1) is 23.4. The highest BCUT2D eigenvalue weighted by Gasteiger charge is 2.06. The normalized spacial score (nSPS) is 10.9. The monoisotopic (exact) mass is 501 g/mol. The molecule has 0 saturated heterocycles. The van der Waals surface area contributed by atoms with Gasteiger partial charge in [-0.15, -0.1) is 35.3 Å². The Morgan fingerprint density at radius 2 is 2.04 bits per heavy atom. The number of thiazole rings is 1. The number of aryl methyl sites for hydroxylation is 1. The summed E-state index contributed by atoms with van der Waals surface area (Å²) < 4.78 is 0. The number of aromatic nitrogens is 1. The molecule has 1 heterocycles. The number of aliphatic imine (C=N–C) groups is 1. The molecular weight excluding hydrogens is 473 g/mol. The second kappa shape index (κ2) is 12.7. The van der Waals surface area contributed by atoms with Gasteiger partial charge in [0.15, 0.2) is 5.96 Å². The summed E-state index contributed by atoms with van der Waals surface area (Å²) in [6.45, 7) is 6.05. The van der Waals surface area contributed by atoms with Crippen LogP contribution in [-0.2, 0) is 19.4 Å². The molecule has 0 saturated carbocycles. The van der Waals surface area contributed by atoms with Crippen LogP contribution in [0.2, 0.25) is 0 Å². The predicted octanol–water partition coefficient (Wildman–Crippen LogP) is 2.98. The zero-order valence-corrected chi connectivity index (χ0v) is 19.2. The van der Waals surface area contributed by atoms with E-state index in [1.807, 2.05) is 37.4 Å². The zero-order valence-electron chi connectivity index (χ0n) is 16.0. The number of guanidine groups is 1. The van der Waals surface area contributed by atoms with Crippen molar-refractivity contribution in [1.29, 1.82) is 0 Å². The molecule has 2 aromatic rings. The van der Waals surface area contributed by atoms with E-state index in [1.165, 1.54) is 4.88 Å². The average Bonchev–Trinajstić information content (AvgIpc) is 3.13. The second-order valence-corrected chi connectivity index (χ2v) is 6.94. The Labute approximate surface area is 182 Å². The maximum atomic E-state index is 11.9. The van der Waals surface area contributed by atoms with Gasteiger partial charge in [-0.3, -0.25) is 9.79 Å². The van der Waals surface area contributed by atoms with Gasteiger partial charge in [-0.1, -0.05) is 19.1 Å². The van der Waals surface area contributed by atoms with E-state index in [-0.39, 0.29) is 29.9 Å². The van der Waals surface area contributed by atoms with Crippen molar-refractivity contribution in [3.8, 4) is 0 Å². The molecule has 27 heavy (non-hydrogen) atoms. The first-order valence-corrected chi connectivity index (χ1v) is 9.73. The number of nitrogens with zero attached hydrogens (tertiary/aromatic N) is 2.